The monoisotopic (exact) mass is 341 g/mol. The predicted molar refractivity (Wildman–Crippen MR) is 99.7 cm³/mol. The number of carbonyl (C=O) groups is 1. The fourth-order valence-corrected chi connectivity index (χ4v) is 3.52. The Balaban J connectivity index is 1.89. The molecule has 134 valence electrons. The van der Waals surface area contributed by atoms with E-state index in [0.29, 0.717) is 5.65 Å². The fourth-order valence-electron chi connectivity index (χ4n) is 3.52. The highest BCUT2D eigenvalue weighted by molar-refractivity contribution is 5.80. The lowest BCUT2D eigenvalue weighted by Gasteiger charge is -2.34. The number of rotatable bonds is 4. The molecule has 1 saturated heterocycles. The first-order chi connectivity index (χ1) is 12.0. The van der Waals surface area contributed by atoms with Gasteiger partial charge in [0.05, 0.1) is 29.2 Å². The van der Waals surface area contributed by atoms with Gasteiger partial charge in [-0.3, -0.25) is 4.79 Å². The van der Waals surface area contributed by atoms with Gasteiger partial charge in [-0.15, -0.1) is 0 Å². The minimum Gasteiger partial charge on any atom is -0.369 e. The van der Waals surface area contributed by atoms with Gasteiger partial charge in [-0.05, 0) is 31.7 Å². The number of nitrogens with zero attached hydrogens (tertiary/aromatic N) is 5. The van der Waals surface area contributed by atoms with Crippen LogP contribution in [-0.4, -0.2) is 52.9 Å². The van der Waals surface area contributed by atoms with Crippen molar-refractivity contribution in [3.63, 3.8) is 0 Å². The van der Waals surface area contributed by atoms with Crippen molar-refractivity contribution in [2.24, 2.45) is 5.92 Å². The summed E-state index contributed by atoms with van der Waals surface area (Å²) >= 11 is 0. The van der Waals surface area contributed by atoms with Crippen molar-refractivity contribution in [3.8, 4) is 0 Å². The molecule has 0 saturated carbocycles. The number of anilines is 1. The van der Waals surface area contributed by atoms with E-state index in [1.54, 1.807) is 4.90 Å². The van der Waals surface area contributed by atoms with Gasteiger partial charge in [-0.1, -0.05) is 13.8 Å². The zero-order valence-corrected chi connectivity index (χ0v) is 15.6. The second-order valence-electron chi connectivity index (χ2n) is 6.88. The number of piperidine rings is 1. The summed E-state index contributed by atoms with van der Waals surface area (Å²) in [6.45, 7) is 5.89. The van der Waals surface area contributed by atoms with Crippen LogP contribution in [0.2, 0.25) is 0 Å². The molecule has 0 aromatic carbocycles. The minimum atomic E-state index is 0.0548. The predicted octanol–water partition coefficient (Wildman–Crippen LogP) is 2.45. The second kappa shape index (κ2) is 7.33. The second-order valence-corrected chi connectivity index (χ2v) is 6.88. The average Bonchev–Trinajstić information content (AvgIpc) is 2.65. The molecule has 1 aliphatic heterocycles. The molecule has 6 heteroatoms. The summed E-state index contributed by atoms with van der Waals surface area (Å²) in [4.78, 5) is 30.2. The summed E-state index contributed by atoms with van der Waals surface area (Å²) in [5, 5.41) is 0. The van der Waals surface area contributed by atoms with Crippen LogP contribution in [0.3, 0.4) is 0 Å². The lowest BCUT2D eigenvalue weighted by Crippen LogP contribution is -2.42. The maximum atomic E-state index is 12.3. The summed E-state index contributed by atoms with van der Waals surface area (Å²) in [5.41, 5.74) is 4.66. The topological polar surface area (TPSA) is 62.2 Å². The van der Waals surface area contributed by atoms with Gasteiger partial charge in [0, 0.05) is 27.2 Å². The van der Waals surface area contributed by atoms with E-state index in [-0.39, 0.29) is 11.8 Å². The van der Waals surface area contributed by atoms with Gasteiger partial charge in [0.15, 0.2) is 5.65 Å². The van der Waals surface area contributed by atoms with Gasteiger partial charge in [0.1, 0.15) is 5.52 Å². The minimum absolute atomic E-state index is 0.0548. The Morgan fingerprint density at radius 1 is 1.24 bits per heavy atom. The third-order valence-corrected chi connectivity index (χ3v) is 4.91. The number of aryl methyl sites for hydroxylation is 2. The van der Waals surface area contributed by atoms with Crippen LogP contribution in [0.4, 0.5) is 5.69 Å². The van der Waals surface area contributed by atoms with Crippen LogP contribution in [0, 0.1) is 5.92 Å². The van der Waals surface area contributed by atoms with Crippen molar-refractivity contribution in [2.45, 2.75) is 39.5 Å². The largest absolute Gasteiger partial charge is 0.369 e. The van der Waals surface area contributed by atoms with Gasteiger partial charge < -0.3 is 9.80 Å². The molecule has 1 fully saturated rings. The highest BCUT2D eigenvalue weighted by Crippen LogP contribution is 2.25. The van der Waals surface area contributed by atoms with Gasteiger partial charge in [0.25, 0.3) is 0 Å². The molecule has 2 aromatic heterocycles. The number of fused-ring (bicyclic) bond motifs is 1. The molecule has 3 rings (SSSR count). The number of aromatic nitrogens is 3. The SMILES string of the molecule is CCc1nc2cc(N3CCCC(C(=O)N(C)C)C3)cnc2nc1CC. The Bertz CT molecular complexity index is 774. The van der Waals surface area contributed by atoms with Gasteiger partial charge in [-0.25, -0.2) is 15.0 Å². The Labute approximate surface area is 149 Å². The highest BCUT2D eigenvalue weighted by Gasteiger charge is 2.27. The summed E-state index contributed by atoms with van der Waals surface area (Å²) in [6.07, 6.45) is 5.58. The molecule has 0 spiro atoms. The van der Waals surface area contributed by atoms with Crippen LogP contribution in [0.15, 0.2) is 12.3 Å². The Kier molecular flexibility index (Phi) is 5.16. The molecular formula is C19H27N5O. The van der Waals surface area contributed by atoms with Crippen LogP contribution in [0.25, 0.3) is 11.2 Å². The van der Waals surface area contributed by atoms with Crippen LogP contribution in [0.1, 0.15) is 38.1 Å². The van der Waals surface area contributed by atoms with Crippen molar-refractivity contribution in [3.05, 3.63) is 23.7 Å². The Morgan fingerprint density at radius 3 is 2.64 bits per heavy atom. The molecular weight excluding hydrogens is 314 g/mol. The lowest BCUT2D eigenvalue weighted by molar-refractivity contribution is -0.133. The summed E-state index contributed by atoms with van der Waals surface area (Å²) in [7, 11) is 3.65. The number of amides is 1. The van der Waals surface area contributed by atoms with Crippen molar-refractivity contribution in [1.82, 2.24) is 19.9 Å². The van der Waals surface area contributed by atoms with E-state index in [0.717, 1.165) is 61.4 Å². The highest BCUT2D eigenvalue weighted by atomic mass is 16.2. The zero-order chi connectivity index (χ0) is 18.0. The fraction of sp³-hybridized carbons (Fsp3) is 0.579. The normalized spacial score (nSPS) is 17.8. The summed E-state index contributed by atoms with van der Waals surface area (Å²) in [5.74, 6) is 0.262. The molecule has 0 aliphatic carbocycles. The quantitative estimate of drug-likeness (QED) is 0.855. The van der Waals surface area contributed by atoms with E-state index in [9.17, 15) is 4.79 Å². The van der Waals surface area contributed by atoms with E-state index in [2.05, 4.69) is 34.8 Å². The average molecular weight is 341 g/mol. The first-order valence-electron chi connectivity index (χ1n) is 9.15. The van der Waals surface area contributed by atoms with Crippen LogP contribution in [-0.2, 0) is 17.6 Å². The van der Waals surface area contributed by atoms with E-state index >= 15 is 0 Å². The standard InChI is InChI=1S/C19H27N5O/c1-5-15-16(6-2)22-18-17(21-15)10-14(11-20-18)24-9-7-8-13(12-24)19(25)23(3)4/h10-11,13H,5-9,12H2,1-4H3. The van der Waals surface area contributed by atoms with E-state index in [4.69, 9.17) is 4.98 Å². The van der Waals surface area contributed by atoms with Crippen LogP contribution < -0.4 is 4.90 Å². The first kappa shape index (κ1) is 17.6. The first-order valence-corrected chi connectivity index (χ1v) is 9.15. The maximum Gasteiger partial charge on any atom is 0.226 e. The number of hydrogen-bond acceptors (Lipinski definition) is 5. The van der Waals surface area contributed by atoms with Crippen LogP contribution >= 0.6 is 0 Å². The van der Waals surface area contributed by atoms with Crippen molar-refractivity contribution < 1.29 is 4.79 Å². The van der Waals surface area contributed by atoms with E-state index < -0.39 is 0 Å². The third kappa shape index (κ3) is 3.57. The molecule has 0 N–H and O–H groups in total. The van der Waals surface area contributed by atoms with Gasteiger partial charge in [-0.2, -0.15) is 0 Å². The molecule has 1 amide bonds. The summed E-state index contributed by atoms with van der Waals surface area (Å²) in [6, 6.07) is 2.07. The smallest absolute Gasteiger partial charge is 0.226 e. The van der Waals surface area contributed by atoms with Gasteiger partial charge >= 0.3 is 0 Å². The van der Waals surface area contributed by atoms with Crippen molar-refractivity contribution >= 4 is 22.8 Å². The van der Waals surface area contributed by atoms with Crippen molar-refractivity contribution in [1.29, 1.82) is 0 Å². The molecule has 0 radical (unpaired) electrons. The third-order valence-electron chi connectivity index (χ3n) is 4.91. The Hall–Kier alpha value is -2.24. The molecule has 1 atom stereocenters. The molecule has 3 heterocycles. The number of pyridine rings is 1. The zero-order valence-electron chi connectivity index (χ0n) is 15.6. The molecule has 2 aromatic rings. The van der Waals surface area contributed by atoms with Gasteiger partial charge in [0.2, 0.25) is 5.91 Å². The lowest BCUT2D eigenvalue weighted by atomic mass is 9.96. The van der Waals surface area contributed by atoms with Crippen molar-refractivity contribution in [2.75, 3.05) is 32.1 Å². The molecule has 0 bridgehead atoms. The summed E-state index contributed by atoms with van der Waals surface area (Å²) < 4.78 is 0. The van der Waals surface area contributed by atoms with E-state index in [1.165, 1.54) is 0 Å². The van der Waals surface area contributed by atoms with Crippen LogP contribution in [0.5, 0.6) is 0 Å². The molecule has 1 unspecified atom stereocenters. The maximum absolute atomic E-state index is 12.3. The molecule has 25 heavy (non-hydrogen) atoms. The number of carbonyl (C=O) groups excluding carboxylic acids is 1. The Morgan fingerprint density at radius 2 is 1.96 bits per heavy atom. The molecule has 1 aliphatic rings. The number of hydrogen-bond donors (Lipinski definition) is 0. The van der Waals surface area contributed by atoms with E-state index in [1.807, 2.05) is 20.3 Å². The molecule has 6 nitrogen and oxygen atoms in total.